The second kappa shape index (κ2) is 4.72. The van der Waals surface area contributed by atoms with Gasteiger partial charge in [-0.05, 0) is 17.9 Å². The zero-order valence-electron chi connectivity index (χ0n) is 7.25. The summed E-state index contributed by atoms with van der Waals surface area (Å²) in [6.45, 7) is 2.95. The molecule has 0 N–H and O–H groups in total. The lowest BCUT2D eigenvalue weighted by molar-refractivity contribution is 0.713. The molecule has 0 radical (unpaired) electrons. The third kappa shape index (κ3) is 2.14. The molecule has 68 valence electrons. The molecule has 12 heavy (non-hydrogen) atoms. The van der Waals surface area contributed by atoms with Crippen molar-refractivity contribution >= 4 is 23.4 Å². The second-order valence-corrected chi connectivity index (χ2v) is 3.71. The molecule has 0 aliphatic heterocycles. The van der Waals surface area contributed by atoms with E-state index in [2.05, 4.69) is 23.4 Å². The molecule has 1 rings (SSSR count). The zero-order valence-corrected chi connectivity index (χ0v) is 8.82. The monoisotopic (exact) mass is 205 g/mol. The minimum Gasteiger partial charge on any atom is -0.301 e. The predicted octanol–water partition coefficient (Wildman–Crippen LogP) is 1.86. The van der Waals surface area contributed by atoms with Gasteiger partial charge in [0.25, 0.3) is 0 Å². The van der Waals surface area contributed by atoms with Crippen molar-refractivity contribution in [3.05, 3.63) is 11.1 Å². The van der Waals surface area contributed by atoms with Crippen LogP contribution in [0.5, 0.6) is 0 Å². The van der Waals surface area contributed by atoms with Crippen LogP contribution in [0.15, 0.2) is 0 Å². The Morgan fingerprint density at radius 2 is 2.25 bits per heavy atom. The van der Waals surface area contributed by atoms with Gasteiger partial charge in [-0.1, -0.05) is 6.92 Å². The van der Waals surface area contributed by atoms with Crippen LogP contribution in [0, 0.1) is 0 Å². The van der Waals surface area contributed by atoms with E-state index in [0.29, 0.717) is 5.28 Å². The maximum atomic E-state index is 5.84. The Labute approximate surface area is 81.5 Å². The van der Waals surface area contributed by atoms with Crippen LogP contribution < -0.4 is 0 Å². The first kappa shape index (κ1) is 9.86. The number of halogens is 1. The molecule has 0 aromatic carbocycles. The lowest BCUT2D eigenvalue weighted by Crippen LogP contribution is -2.05. The number of rotatable bonds is 4. The second-order valence-electron chi connectivity index (χ2n) is 2.38. The first-order valence-corrected chi connectivity index (χ1v) is 5.63. The van der Waals surface area contributed by atoms with Crippen LogP contribution >= 0.6 is 23.4 Å². The van der Waals surface area contributed by atoms with Crippen molar-refractivity contribution in [1.82, 2.24) is 14.8 Å². The van der Waals surface area contributed by atoms with Crippen molar-refractivity contribution in [3.63, 3.8) is 0 Å². The highest BCUT2D eigenvalue weighted by Gasteiger charge is 2.06. The number of hydrogen-bond acceptors (Lipinski definition) is 3. The molecule has 0 unspecified atom stereocenters. The molecule has 0 bridgehead atoms. The average molecular weight is 206 g/mol. The van der Waals surface area contributed by atoms with Gasteiger partial charge >= 0.3 is 0 Å². The van der Waals surface area contributed by atoms with Crippen LogP contribution in [0.25, 0.3) is 0 Å². The normalized spacial score (nSPS) is 10.6. The van der Waals surface area contributed by atoms with E-state index in [1.807, 2.05) is 4.57 Å². The van der Waals surface area contributed by atoms with E-state index in [-0.39, 0.29) is 0 Å². The molecule has 0 aliphatic carbocycles. The molecule has 0 saturated carbocycles. The van der Waals surface area contributed by atoms with Crippen LogP contribution in [0.4, 0.5) is 0 Å². The summed E-state index contributed by atoms with van der Waals surface area (Å²) in [4.78, 5) is 0. The van der Waals surface area contributed by atoms with Gasteiger partial charge in [-0.2, -0.15) is 11.8 Å². The highest BCUT2D eigenvalue weighted by atomic mass is 35.5. The SMILES string of the molecule is CCc1nnc(Cl)n1CCSC. The Hall–Kier alpha value is -0.220. The summed E-state index contributed by atoms with van der Waals surface area (Å²) < 4.78 is 1.96. The van der Waals surface area contributed by atoms with E-state index < -0.39 is 0 Å². The third-order valence-electron chi connectivity index (χ3n) is 1.62. The van der Waals surface area contributed by atoms with Crippen molar-refractivity contribution in [2.24, 2.45) is 0 Å². The van der Waals surface area contributed by atoms with Gasteiger partial charge in [0.1, 0.15) is 5.82 Å². The quantitative estimate of drug-likeness (QED) is 0.752. The number of nitrogens with zero attached hydrogens (tertiary/aromatic N) is 3. The van der Waals surface area contributed by atoms with Gasteiger partial charge in [0.2, 0.25) is 5.28 Å². The standard InChI is InChI=1S/C7H12ClN3S/c1-3-6-9-10-7(8)11(6)4-5-12-2/h3-5H2,1-2H3. The Bertz CT molecular complexity index is 249. The fourth-order valence-corrected chi connectivity index (χ4v) is 1.56. The van der Waals surface area contributed by atoms with Crippen molar-refractivity contribution in [2.75, 3.05) is 12.0 Å². The Morgan fingerprint density at radius 3 is 2.83 bits per heavy atom. The Kier molecular flexibility index (Phi) is 3.88. The largest absolute Gasteiger partial charge is 0.301 e. The zero-order chi connectivity index (χ0) is 8.97. The van der Waals surface area contributed by atoms with Crippen molar-refractivity contribution < 1.29 is 0 Å². The van der Waals surface area contributed by atoms with E-state index >= 15 is 0 Å². The van der Waals surface area contributed by atoms with Crippen LogP contribution in [-0.4, -0.2) is 26.8 Å². The fourth-order valence-electron chi connectivity index (χ4n) is 0.979. The number of thioether (sulfide) groups is 1. The van der Waals surface area contributed by atoms with Crippen LogP contribution in [0.2, 0.25) is 5.28 Å². The van der Waals surface area contributed by atoms with Gasteiger partial charge in [0.05, 0.1) is 0 Å². The first-order chi connectivity index (χ1) is 5.79. The number of aryl methyl sites for hydroxylation is 1. The predicted molar refractivity (Wildman–Crippen MR) is 52.8 cm³/mol. The molecule has 0 spiro atoms. The maximum Gasteiger partial charge on any atom is 0.225 e. The van der Waals surface area contributed by atoms with Crippen LogP contribution in [0.3, 0.4) is 0 Å². The minimum absolute atomic E-state index is 0.501. The van der Waals surface area contributed by atoms with Crippen molar-refractivity contribution in [3.8, 4) is 0 Å². The molecule has 0 fully saturated rings. The van der Waals surface area contributed by atoms with Crippen LogP contribution in [-0.2, 0) is 13.0 Å². The van der Waals surface area contributed by atoms with E-state index in [1.165, 1.54) is 0 Å². The van der Waals surface area contributed by atoms with Gasteiger partial charge in [-0.3, -0.25) is 0 Å². The summed E-state index contributed by atoms with van der Waals surface area (Å²) >= 11 is 7.63. The molecule has 0 aliphatic rings. The number of aromatic nitrogens is 3. The van der Waals surface area contributed by atoms with E-state index in [1.54, 1.807) is 11.8 Å². The molecular weight excluding hydrogens is 194 g/mol. The topological polar surface area (TPSA) is 30.7 Å². The van der Waals surface area contributed by atoms with Crippen LogP contribution in [0.1, 0.15) is 12.7 Å². The summed E-state index contributed by atoms with van der Waals surface area (Å²) in [6, 6.07) is 0. The van der Waals surface area contributed by atoms with Gasteiger partial charge < -0.3 is 4.57 Å². The van der Waals surface area contributed by atoms with E-state index in [9.17, 15) is 0 Å². The smallest absolute Gasteiger partial charge is 0.225 e. The van der Waals surface area contributed by atoms with Gasteiger partial charge in [0, 0.05) is 18.7 Å². The Balaban J connectivity index is 2.72. The van der Waals surface area contributed by atoms with Gasteiger partial charge in [-0.25, -0.2) is 0 Å². The highest BCUT2D eigenvalue weighted by molar-refractivity contribution is 7.98. The molecule has 0 amide bonds. The first-order valence-electron chi connectivity index (χ1n) is 3.86. The van der Waals surface area contributed by atoms with E-state index in [0.717, 1.165) is 24.5 Å². The molecule has 0 atom stereocenters. The summed E-state index contributed by atoms with van der Waals surface area (Å²) in [5.41, 5.74) is 0. The summed E-state index contributed by atoms with van der Waals surface area (Å²) in [5.74, 6) is 2.01. The molecule has 1 aromatic rings. The summed E-state index contributed by atoms with van der Waals surface area (Å²) in [6.07, 6.45) is 2.96. The summed E-state index contributed by atoms with van der Waals surface area (Å²) in [7, 11) is 0. The Morgan fingerprint density at radius 1 is 1.50 bits per heavy atom. The van der Waals surface area contributed by atoms with Crippen molar-refractivity contribution in [1.29, 1.82) is 0 Å². The van der Waals surface area contributed by atoms with Crippen molar-refractivity contribution in [2.45, 2.75) is 19.9 Å². The fraction of sp³-hybridized carbons (Fsp3) is 0.714. The molecule has 1 aromatic heterocycles. The number of hydrogen-bond donors (Lipinski definition) is 0. The molecule has 3 nitrogen and oxygen atoms in total. The van der Waals surface area contributed by atoms with Gasteiger partial charge in [0.15, 0.2) is 0 Å². The maximum absolute atomic E-state index is 5.84. The molecule has 1 heterocycles. The lowest BCUT2D eigenvalue weighted by Gasteiger charge is -2.03. The molecular formula is C7H12ClN3S. The molecule has 5 heteroatoms. The lowest BCUT2D eigenvalue weighted by atomic mass is 10.4. The molecule has 0 saturated heterocycles. The van der Waals surface area contributed by atoms with E-state index in [4.69, 9.17) is 11.6 Å². The third-order valence-corrected chi connectivity index (χ3v) is 2.49. The average Bonchev–Trinajstić information content (AvgIpc) is 2.43. The minimum atomic E-state index is 0.501. The summed E-state index contributed by atoms with van der Waals surface area (Å²) in [5, 5.41) is 8.27. The van der Waals surface area contributed by atoms with Gasteiger partial charge in [-0.15, -0.1) is 10.2 Å². The highest BCUT2D eigenvalue weighted by Crippen LogP contribution is 2.09.